The van der Waals surface area contributed by atoms with Crippen LogP contribution in [-0.4, -0.2) is 36.3 Å². The molecular weight excluding hydrogens is 254 g/mol. The van der Waals surface area contributed by atoms with Gasteiger partial charge in [-0.05, 0) is 32.2 Å². The highest BCUT2D eigenvalue weighted by molar-refractivity contribution is 5.25. The minimum absolute atomic E-state index is 0.0990. The average Bonchev–Trinajstić information content (AvgIpc) is 2.53. The van der Waals surface area contributed by atoms with Crippen LogP contribution < -0.4 is 5.32 Å². The van der Waals surface area contributed by atoms with Crippen LogP contribution in [0.3, 0.4) is 0 Å². The Balaban J connectivity index is 1.77. The summed E-state index contributed by atoms with van der Waals surface area (Å²) >= 11 is 0. The lowest BCUT2D eigenvalue weighted by Crippen LogP contribution is -2.28. The van der Waals surface area contributed by atoms with Crippen molar-refractivity contribution in [2.75, 3.05) is 26.4 Å². The van der Waals surface area contributed by atoms with E-state index in [9.17, 15) is 0 Å². The van der Waals surface area contributed by atoms with Gasteiger partial charge in [-0.2, -0.15) is 0 Å². The van der Waals surface area contributed by atoms with Crippen LogP contribution >= 0.6 is 0 Å². The maximum atomic E-state index is 5.68. The second-order valence-corrected chi connectivity index (χ2v) is 5.46. The summed E-state index contributed by atoms with van der Waals surface area (Å²) in [4.78, 5) is 9.26. The van der Waals surface area contributed by atoms with Crippen LogP contribution in [0.2, 0.25) is 0 Å². The van der Waals surface area contributed by atoms with Gasteiger partial charge in [0.2, 0.25) is 0 Å². The maximum absolute atomic E-state index is 5.68. The molecule has 1 aliphatic heterocycles. The molecule has 2 heterocycles. The van der Waals surface area contributed by atoms with Crippen molar-refractivity contribution >= 4 is 0 Å². The molecule has 5 heteroatoms. The van der Waals surface area contributed by atoms with Crippen molar-refractivity contribution in [2.45, 2.75) is 44.8 Å². The molecule has 2 aliphatic rings. The number of fused-ring (bicyclic) bond motifs is 1. The van der Waals surface area contributed by atoms with Crippen LogP contribution in [0.15, 0.2) is 6.20 Å². The third-order valence-corrected chi connectivity index (χ3v) is 3.95. The average molecular weight is 277 g/mol. The number of nitrogens with one attached hydrogen (secondary N) is 1. The molecule has 0 bridgehead atoms. The summed E-state index contributed by atoms with van der Waals surface area (Å²) in [6.45, 7) is 5.11. The Morgan fingerprint density at radius 1 is 1.40 bits per heavy atom. The summed E-state index contributed by atoms with van der Waals surface area (Å²) in [5.41, 5.74) is 2.45. The number of hydrogen-bond acceptors (Lipinski definition) is 5. The van der Waals surface area contributed by atoms with Gasteiger partial charge in [0.05, 0.1) is 19.8 Å². The van der Waals surface area contributed by atoms with E-state index < -0.39 is 0 Å². The van der Waals surface area contributed by atoms with Gasteiger partial charge in [0.1, 0.15) is 6.10 Å². The smallest absolute Gasteiger partial charge is 0.159 e. The molecule has 0 radical (unpaired) electrons. The lowest BCUT2D eigenvalue weighted by molar-refractivity contribution is -0.0936. The number of hydrogen-bond donors (Lipinski definition) is 1. The number of rotatable bonds is 4. The Bertz CT molecular complexity index is 447. The third-order valence-electron chi connectivity index (χ3n) is 3.95. The van der Waals surface area contributed by atoms with Gasteiger partial charge in [-0.15, -0.1) is 0 Å². The van der Waals surface area contributed by atoms with E-state index in [1.54, 1.807) is 0 Å². The van der Waals surface area contributed by atoms with E-state index in [0.29, 0.717) is 25.9 Å². The van der Waals surface area contributed by atoms with Crippen molar-refractivity contribution < 1.29 is 9.47 Å². The Morgan fingerprint density at radius 2 is 2.35 bits per heavy atom. The molecule has 2 atom stereocenters. The van der Waals surface area contributed by atoms with Crippen molar-refractivity contribution in [2.24, 2.45) is 0 Å². The fraction of sp³-hybridized carbons (Fsp3) is 0.733. The number of ether oxygens (including phenoxy) is 2. The number of aryl methyl sites for hydroxylation is 1. The fourth-order valence-electron chi connectivity index (χ4n) is 2.88. The Hall–Kier alpha value is -1.04. The normalized spacial score (nSPS) is 26.2. The van der Waals surface area contributed by atoms with Gasteiger partial charge in [-0.1, -0.05) is 6.92 Å². The molecule has 0 amide bonds. The van der Waals surface area contributed by atoms with Gasteiger partial charge in [-0.3, -0.25) is 0 Å². The molecule has 1 aliphatic carbocycles. The highest BCUT2D eigenvalue weighted by Crippen LogP contribution is 2.29. The van der Waals surface area contributed by atoms with Gasteiger partial charge in [0.15, 0.2) is 5.82 Å². The molecular formula is C15H23N3O2. The van der Waals surface area contributed by atoms with Crippen molar-refractivity contribution in [1.82, 2.24) is 15.3 Å². The van der Waals surface area contributed by atoms with Crippen LogP contribution in [0.4, 0.5) is 0 Å². The minimum Gasteiger partial charge on any atom is -0.376 e. The Labute approximate surface area is 120 Å². The molecule has 0 spiro atoms. The summed E-state index contributed by atoms with van der Waals surface area (Å²) in [5, 5.41) is 3.59. The van der Waals surface area contributed by atoms with Crippen molar-refractivity contribution in [3.8, 4) is 0 Å². The predicted molar refractivity (Wildman–Crippen MR) is 75.5 cm³/mol. The van der Waals surface area contributed by atoms with Crippen LogP contribution in [0.5, 0.6) is 0 Å². The predicted octanol–water partition coefficient (Wildman–Crippen LogP) is 1.94. The molecule has 2 unspecified atom stereocenters. The van der Waals surface area contributed by atoms with Crippen LogP contribution in [0.1, 0.15) is 55.4 Å². The van der Waals surface area contributed by atoms with Gasteiger partial charge in [0, 0.05) is 23.5 Å². The molecule has 5 nitrogen and oxygen atoms in total. The van der Waals surface area contributed by atoms with Crippen LogP contribution in [0.25, 0.3) is 0 Å². The first kappa shape index (κ1) is 13.9. The molecule has 0 aromatic carbocycles. The first-order valence-electron chi connectivity index (χ1n) is 7.67. The lowest BCUT2D eigenvalue weighted by Gasteiger charge is -2.27. The summed E-state index contributed by atoms with van der Waals surface area (Å²) < 4.78 is 11.1. The van der Waals surface area contributed by atoms with Crippen molar-refractivity contribution in [3.63, 3.8) is 0 Å². The molecule has 110 valence electrons. The summed E-state index contributed by atoms with van der Waals surface area (Å²) in [6.07, 6.45) is 6.45. The molecule has 3 rings (SSSR count). The largest absolute Gasteiger partial charge is 0.376 e. The van der Waals surface area contributed by atoms with Gasteiger partial charge in [0.25, 0.3) is 0 Å². The van der Waals surface area contributed by atoms with Crippen LogP contribution in [-0.2, 0) is 15.9 Å². The first-order valence-corrected chi connectivity index (χ1v) is 7.67. The lowest BCUT2D eigenvalue weighted by atomic mass is 9.92. The zero-order chi connectivity index (χ0) is 13.8. The third kappa shape index (κ3) is 3.00. The van der Waals surface area contributed by atoms with E-state index in [2.05, 4.69) is 17.2 Å². The number of aromatic nitrogens is 2. The molecule has 1 N–H and O–H groups in total. The highest BCUT2D eigenvalue weighted by Gasteiger charge is 2.25. The van der Waals surface area contributed by atoms with Crippen molar-refractivity contribution in [1.29, 1.82) is 0 Å². The van der Waals surface area contributed by atoms with E-state index in [1.807, 2.05) is 6.20 Å². The van der Waals surface area contributed by atoms with Crippen molar-refractivity contribution in [3.05, 3.63) is 23.3 Å². The van der Waals surface area contributed by atoms with Gasteiger partial charge < -0.3 is 14.8 Å². The fourth-order valence-corrected chi connectivity index (χ4v) is 2.88. The second kappa shape index (κ2) is 6.61. The van der Waals surface area contributed by atoms with E-state index in [1.165, 1.54) is 24.1 Å². The topological polar surface area (TPSA) is 56.3 Å². The van der Waals surface area contributed by atoms with E-state index in [4.69, 9.17) is 14.5 Å². The van der Waals surface area contributed by atoms with E-state index >= 15 is 0 Å². The zero-order valence-electron chi connectivity index (χ0n) is 12.1. The standard InChI is InChI=1S/C15H23N3O2/c1-2-6-16-12-4-3-5-13-11(12)9-17-15(18-13)14-10-19-7-8-20-14/h9,12,14,16H,2-8,10H2,1H3. The monoisotopic (exact) mass is 277 g/mol. The SMILES string of the molecule is CCCNC1CCCc2nc(C3COCCO3)ncc21. The Morgan fingerprint density at radius 3 is 3.15 bits per heavy atom. The minimum atomic E-state index is -0.0990. The van der Waals surface area contributed by atoms with Gasteiger partial charge >= 0.3 is 0 Å². The highest BCUT2D eigenvalue weighted by atomic mass is 16.6. The maximum Gasteiger partial charge on any atom is 0.159 e. The van der Waals surface area contributed by atoms with Gasteiger partial charge in [-0.25, -0.2) is 9.97 Å². The summed E-state index contributed by atoms with van der Waals surface area (Å²) in [7, 11) is 0. The van der Waals surface area contributed by atoms with E-state index in [0.717, 1.165) is 25.2 Å². The molecule has 1 aromatic rings. The summed E-state index contributed by atoms with van der Waals surface area (Å²) in [6, 6.07) is 0.413. The second-order valence-electron chi connectivity index (χ2n) is 5.46. The molecule has 0 saturated carbocycles. The number of nitrogens with zero attached hydrogens (tertiary/aromatic N) is 2. The van der Waals surface area contributed by atoms with Crippen LogP contribution in [0, 0.1) is 0 Å². The first-order chi connectivity index (χ1) is 9.88. The molecule has 1 fully saturated rings. The molecule has 1 saturated heterocycles. The zero-order valence-corrected chi connectivity index (χ0v) is 12.1. The summed E-state index contributed by atoms with van der Waals surface area (Å²) in [5.74, 6) is 0.777. The quantitative estimate of drug-likeness (QED) is 0.911. The molecule has 1 aromatic heterocycles. The molecule has 20 heavy (non-hydrogen) atoms. The Kier molecular flexibility index (Phi) is 4.60. The van der Waals surface area contributed by atoms with E-state index in [-0.39, 0.29) is 6.10 Å².